The summed E-state index contributed by atoms with van der Waals surface area (Å²) >= 11 is 0. The number of terminal acetylenes is 1. The topological polar surface area (TPSA) is 3.24 Å². The van der Waals surface area contributed by atoms with Crippen LogP contribution < -0.4 is 4.90 Å². The fraction of sp³-hybridized carbons (Fsp3) is 0.467. The minimum absolute atomic E-state index is 0.106. The first-order chi connectivity index (χ1) is 7.36. The predicted octanol–water partition coefficient (Wildman–Crippen LogP) is 3.52. The molecule has 0 bridgehead atoms. The van der Waals surface area contributed by atoms with Crippen LogP contribution in [0.15, 0.2) is 24.3 Å². The molecule has 0 saturated carbocycles. The molecule has 1 rings (SSSR count). The van der Waals surface area contributed by atoms with E-state index in [-0.39, 0.29) is 11.3 Å². The molecule has 86 valence electrons. The summed E-state index contributed by atoms with van der Waals surface area (Å²) in [6, 6.07) is 8.49. The van der Waals surface area contributed by atoms with Crippen molar-refractivity contribution in [2.24, 2.45) is 5.41 Å². The van der Waals surface area contributed by atoms with Crippen LogP contribution in [0.1, 0.15) is 32.3 Å². The molecule has 0 aromatic heterocycles. The zero-order valence-electron chi connectivity index (χ0n) is 10.9. The molecule has 0 aliphatic heterocycles. The molecule has 0 aliphatic carbocycles. The average molecular weight is 215 g/mol. The molecular weight excluding hydrogens is 194 g/mol. The fourth-order valence-electron chi connectivity index (χ4n) is 1.81. The van der Waals surface area contributed by atoms with Crippen molar-refractivity contribution >= 4 is 5.69 Å². The summed E-state index contributed by atoms with van der Waals surface area (Å²) in [5.41, 5.74) is 2.53. The minimum atomic E-state index is 0.106. The van der Waals surface area contributed by atoms with E-state index in [0.717, 1.165) is 0 Å². The Morgan fingerprint density at radius 2 is 1.62 bits per heavy atom. The molecule has 0 radical (unpaired) electrons. The third-order valence-electron chi connectivity index (χ3n) is 2.78. The maximum atomic E-state index is 5.63. The lowest BCUT2D eigenvalue weighted by Crippen LogP contribution is -2.17. The molecule has 0 spiro atoms. The smallest absolute Gasteiger partial charge is 0.0498 e. The van der Waals surface area contributed by atoms with Crippen molar-refractivity contribution in [1.29, 1.82) is 0 Å². The van der Waals surface area contributed by atoms with E-state index in [1.807, 2.05) is 14.1 Å². The summed E-state index contributed by atoms with van der Waals surface area (Å²) in [6.07, 6.45) is 5.63. The highest BCUT2D eigenvalue weighted by atomic mass is 15.1. The van der Waals surface area contributed by atoms with E-state index in [0.29, 0.717) is 0 Å². The molecule has 0 amide bonds. The summed E-state index contributed by atoms with van der Waals surface area (Å²) in [5, 5.41) is 0. The van der Waals surface area contributed by atoms with E-state index >= 15 is 0 Å². The van der Waals surface area contributed by atoms with Gasteiger partial charge in [-0.1, -0.05) is 38.8 Å². The zero-order chi connectivity index (χ0) is 12.3. The number of hydrogen-bond donors (Lipinski definition) is 0. The summed E-state index contributed by atoms with van der Waals surface area (Å²) in [4.78, 5) is 2.09. The average Bonchev–Trinajstić information content (AvgIpc) is 2.17. The van der Waals surface area contributed by atoms with E-state index in [4.69, 9.17) is 6.42 Å². The van der Waals surface area contributed by atoms with Crippen LogP contribution in [-0.4, -0.2) is 14.1 Å². The number of rotatable bonds is 2. The van der Waals surface area contributed by atoms with E-state index in [9.17, 15) is 0 Å². The van der Waals surface area contributed by atoms with Gasteiger partial charge in [-0.3, -0.25) is 0 Å². The monoisotopic (exact) mass is 215 g/mol. The standard InChI is InChI=1S/C15H21N/c1-7-14(15(2,3)4)12-8-10-13(11-9-12)16(5)6/h1,8-11,14H,2-6H3/t14-/m1/s1. The molecule has 1 aromatic rings. The Hall–Kier alpha value is -1.42. The quantitative estimate of drug-likeness (QED) is 0.682. The van der Waals surface area contributed by atoms with E-state index in [2.05, 4.69) is 55.9 Å². The van der Waals surface area contributed by atoms with Gasteiger partial charge in [-0.15, -0.1) is 6.42 Å². The molecule has 0 saturated heterocycles. The van der Waals surface area contributed by atoms with Gasteiger partial charge in [0.15, 0.2) is 0 Å². The van der Waals surface area contributed by atoms with Gasteiger partial charge in [-0.25, -0.2) is 0 Å². The Bertz CT molecular complexity index is 373. The van der Waals surface area contributed by atoms with Crippen molar-refractivity contribution in [3.8, 4) is 12.3 Å². The van der Waals surface area contributed by atoms with Crippen LogP contribution in [0, 0.1) is 17.8 Å². The summed E-state index contributed by atoms with van der Waals surface area (Å²) in [6.45, 7) is 6.53. The van der Waals surface area contributed by atoms with Crippen LogP contribution in [0.4, 0.5) is 5.69 Å². The Morgan fingerprint density at radius 3 is 1.94 bits per heavy atom. The Kier molecular flexibility index (Phi) is 3.65. The molecular formula is C15H21N. The van der Waals surface area contributed by atoms with E-state index in [1.54, 1.807) is 0 Å². The maximum absolute atomic E-state index is 5.63. The second-order valence-corrected chi connectivity index (χ2v) is 5.45. The Morgan fingerprint density at radius 1 is 1.12 bits per heavy atom. The maximum Gasteiger partial charge on any atom is 0.0498 e. The van der Waals surface area contributed by atoms with Crippen LogP contribution in [0.25, 0.3) is 0 Å². The van der Waals surface area contributed by atoms with Gasteiger partial charge in [0.25, 0.3) is 0 Å². The van der Waals surface area contributed by atoms with E-state index in [1.165, 1.54) is 11.3 Å². The lowest BCUT2D eigenvalue weighted by atomic mass is 9.77. The van der Waals surface area contributed by atoms with Gasteiger partial charge in [0, 0.05) is 25.7 Å². The van der Waals surface area contributed by atoms with Gasteiger partial charge in [0.1, 0.15) is 0 Å². The molecule has 1 aromatic carbocycles. The van der Waals surface area contributed by atoms with Gasteiger partial charge >= 0.3 is 0 Å². The van der Waals surface area contributed by atoms with Crippen molar-refractivity contribution in [2.45, 2.75) is 26.7 Å². The van der Waals surface area contributed by atoms with E-state index < -0.39 is 0 Å². The van der Waals surface area contributed by atoms with Crippen molar-refractivity contribution in [3.05, 3.63) is 29.8 Å². The third kappa shape index (κ3) is 2.79. The van der Waals surface area contributed by atoms with Crippen molar-refractivity contribution in [1.82, 2.24) is 0 Å². The van der Waals surface area contributed by atoms with Crippen LogP contribution in [0.2, 0.25) is 0 Å². The SMILES string of the molecule is C#C[C@H](c1ccc(N(C)C)cc1)C(C)(C)C. The first-order valence-corrected chi connectivity index (χ1v) is 5.59. The molecule has 16 heavy (non-hydrogen) atoms. The third-order valence-corrected chi connectivity index (χ3v) is 2.78. The minimum Gasteiger partial charge on any atom is -0.378 e. The largest absolute Gasteiger partial charge is 0.378 e. The molecule has 0 heterocycles. The fourth-order valence-corrected chi connectivity index (χ4v) is 1.81. The van der Waals surface area contributed by atoms with Gasteiger partial charge in [-0.05, 0) is 23.1 Å². The number of anilines is 1. The lowest BCUT2D eigenvalue weighted by Gasteiger charge is -2.27. The zero-order valence-corrected chi connectivity index (χ0v) is 10.9. The second-order valence-electron chi connectivity index (χ2n) is 5.45. The highest BCUT2D eigenvalue weighted by molar-refractivity contribution is 5.47. The summed E-state index contributed by atoms with van der Waals surface area (Å²) < 4.78 is 0. The molecule has 1 heteroatoms. The van der Waals surface area contributed by atoms with Crippen LogP contribution in [0.3, 0.4) is 0 Å². The Balaban J connectivity index is 3.02. The van der Waals surface area contributed by atoms with Crippen molar-refractivity contribution in [3.63, 3.8) is 0 Å². The predicted molar refractivity (Wildman–Crippen MR) is 71.8 cm³/mol. The highest BCUT2D eigenvalue weighted by Gasteiger charge is 2.24. The Labute approximate surface area is 99.5 Å². The molecule has 1 nitrogen and oxygen atoms in total. The molecule has 0 fully saturated rings. The molecule has 0 unspecified atom stereocenters. The second kappa shape index (κ2) is 4.61. The highest BCUT2D eigenvalue weighted by Crippen LogP contribution is 2.34. The van der Waals surface area contributed by atoms with Gasteiger partial charge < -0.3 is 4.90 Å². The van der Waals surface area contributed by atoms with Gasteiger partial charge in [-0.2, -0.15) is 0 Å². The number of hydrogen-bond acceptors (Lipinski definition) is 1. The van der Waals surface area contributed by atoms with Crippen LogP contribution in [0.5, 0.6) is 0 Å². The van der Waals surface area contributed by atoms with Crippen molar-refractivity contribution < 1.29 is 0 Å². The molecule has 1 atom stereocenters. The number of benzene rings is 1. The summed E-state index contributed by atoms with van der Waals surface area (Å²) in [7, 11) is 4.08. The first kappa shape index (κ1) is 12.6. The normalized spacial score (nSPS) is 13.0. The summed E-state index contributed by atoms with van der Waals surface area (Å²) in [5.74, 6) is 3.06. The van der Waals surface area contributed by atoms with Crippen LogP contribution in [-0.2, 0) is 0 Å². The molecule has 0 N–H and O–H groups in total. The van der Waals surface area contributed by atoms with Gasteiger partial charge in [0.05, 0.1) is 0 Å². The first-order valence-electron chi connectivity index (χ1n) is 5.59. The molecule has 0 aliphatic rings. The van der Waals surface area contributed by atoms with Crippen molar-refractivity contribution in [2.75, 3.05) is 19.0 Å². The number of nitrogens with zero attached hydrogens (tertiary/aromatic N) is 1. The lowest BCUT2D eigenvalue weighted by molar-refractivity contribution is 0.375. The van der Waals surface area contributed by atoms with Crippen LogP contribution >= 0.6 is 0 Å². The van der Waals surface area contributed by atoms with Gasteiger partial charge in [0.2, 0.25) is 0 Å².